The first-order chi connectivity index (χ1) is 15.3. The van der Waals surface area contributed by atoms with Crippen molar-refractivity contribution >= 4 is 35.6 Å². The van der Waals surface area contributed by atoms with Gasteiger partial charge in [0.05, 0.1) is 11.3 Å². The number of aromatic carboxylic acids is 1. The average Bonchev–Trinajstić information content (AvgIpc) is 3.04. The summed E-state index contributed by atoms with van der Waals surface area (Å²) in [6.07, 6.45) is 4.31. The minimum Gasteiger partial charge on any atom is -0.478 e. The van der Waals surface area contributed by atoms with Gasteiger partial charge in [0, 0.05) is 29.5 Å². The van der Waals surface area contributed by atoms with Gasteiger partial charge < -0.3 is 9.67 Å². The second-order valence-electron chi connectivity index (χ2n) is 7.18. The van der Waals surface area contributed by atoms with E-state index in [0.29, 0.717) is 16.9 Å². The molecule has 0 unspecified atom stereocenters. The Kier molecular flexibility index (Phi) is 5.15. The Bertz CT molecular complexity index is 1310. The van der Waals surface area contributed by atoms with Gasteiger partial charge in [-0.25, -0.2) is 14.5 Å². The van der Waals surface area contributed by atoms with E-state index in [9.17, 15) is 24.3 Å². The highest BCUT2D eigenvalue weighted by Crippen LogP contribution is 2.26. The first-order valence-electron chi connectivity index (χ1n) is 9.62. The zero-order chi connectivity index (χ0) is 23.0. The largest absolute Gasteiger partial charge is 0.478 e. The van der Waals surface area contributed by atoms with Gasteiger partial charge in [0.15, 0.2) is 0 Å². The lowest BCUT2D eigenvalue weighted by Crippen LogP contribution is -2.54. The number of carbonyl (C=O) groups is 4. The molecule has 0 bridgehead atoms. The third-order valence-corrected chi connectivity index (χ3v) is 5.14. The van der Waals surface area contributed by atoms with E-state index in [1.54, 1.807) is 31.2 Å². The first-order valence-corrected chi connectivity index (χ1v) is 9.62. The van der Waals surface area contributed by atoms with Crippen LogP contribution in [0, 0.1) is 13.8 Å². The lowest BCUT2D eigenvalue weighted by atomic mass is 10.1. The molecule has 9 nitrogen and oxygen atoms in total. The Morgan fingerprint density at radius 1 is 1.03 bits per heavy atom. The summed E-state index contributed by atoms with van der Waals surface area (Å²) >= 11 is 0. The number of nitrogens with one attached hydrogen (secondary N) is 1. The molecule has 4 amide bonds. The molecule has 1 aliphatic heterocycles. The molecule has 0 atom stereocenters. The second kappa shape index (κ2) is 7.95. The number of rotatable bonds is 4. The fourth-order valence-corrected chi connectivity index (χ4v) is 3.65. The molecule has 32 heavy (non-hydrogen) atoms. The Labute approximate surface area is 182 Å². The van der Waals surface area contributed by atoms with E-state index in [1.807, 2.05) is 11.5 Å². The highest BCUT2D eigenvalue weighted by atomic mass is 16.4. The van der Waals surface area contributed by atoms with Gasteiger partial charge in [-0.1, -0.05) is 6.07 Å². The van der Waals surface area contributed by atoms with E-state index in [4.69, 9.17) is 0 Å². The molecule has 2 aromatic heterocycles. The number of imide groups is 2. The number of urea groups is 1. The molecule has 1 aromatic carbocycles. The van der Waals surface area contributed by atoms with Crippen molar-refractivity contribution in [2.45, 2.75) is 13.8 Å². The SMILES string of the molecule is Cc1cc(/C=C2\C(=O)NC(=O)N(c3ccncc3)C2=O)c(C)n1-c1cccc(C(=O)O)c1. The quantitative estimate of drug-likeness (QED) is 0.485. The van der Waals surface area contributed by atoms with Crippen LogP contribution < -0.4 is 10.2 Å². The van der Waals surface area contributed by atoms with E-state index < -0.39 is 23.8 Å². The zero-order valence-electron chi connectivity index (χ0n) is 17.2. The molecule has 1 fully saturated rings. The number of anilines is 1. The minimum absolute atomic E-state index is 0.142. The third kappa shape index (κ3) is 3.56. The first kappa shape index (κ1) is 20.7. The normalized spacial score (nSPS) is 15.2. The monoisotopic (exact) mass is 430 g/mol. The minimum atomic E-state index is -1.04. The van der Waals surface area contributed by atoms with Gasteiger partial charge in [-0.3, -0.25) is 19.9 Å². The predicted octanol–water partition coefficient (Wildman–Crippen LogP) is 2.85. The van der Waals surface area contributed by atoms with Crippen molar-refractivity contribution in [2.75, 3.05) is 4.90 Å². The van der Waals surface area contributed by atoms with Crippen molar-refractivity contribution in [1.29, 1.82) is 0 Å². The van der Waals surface area contributed by atoms with Crippen molar-refractivity contribution in [1.82, 2.24) is 14.9 Å². The summed E-state index contributed by atoms with van der Waals surface area (Å²) in [6.45, 7) is 3.63. The third-order valence-electron chi connectivity index (χ3n) is 5.14. The van der Waals surface area contributed by atoms with Crippen molar-refractivity contribution < 1.29 is 24.3 Å². The van der Waals surface area contributed by atoms with Gasteiger partial charge >= 0.3 is 12.0 Å². The highest BCUT2D eigenvalue weighted by molar-refractivity contribution is 6.39. The van der Waals surface area contributed by atoms with E-state index >= 15 is 0 Å². The van der Waals surface area contributed by atoms with Crippen molar-refractivity contribution in [2.24, 2.45) is 0 Å². The van der Waals surface area contributed by atoms with Crippen LogP contribution in [-0.4, -0.2) is 38.5 Å². The summed E-state index contributed by atoms with van der Waals surface area (Å²) in [5.74, 6) is -2.58. The molecule has 0 radical (unpaired) electrons. The predicted molar refractivity (Wildman–Crippen MR) is 115 cm³/mol. The molecule has 0 saturated carbocycles. The Morgan fingerprint density at radius 2 is 1.75 bits per heavy atom. The summed E-state index contributed by atoms with van der Waals surface area (Å²) in [7, 11) is 0. The summed E-state index contributed by atoms with van der Waals surface area (Å²) in [4.78, 5) is 53.9. The molecule has 1 saturated heterocycles. The number of nitrogens with zero attached hydrogens (tertiary/aromatic N) is 3. The van der Waals surface area contributed by atoms with Crippen LogP contribution >= 0.6 is 0 Å². The molecule has 3 heterocycles. The van der Waals surface area contributed by atoms with Gasteiger partial charge in [0.25, 0.3) is 11.8 Å². The van der Waals surface area contributed by atoms with E-state index in [1.165, 1.54) is 36.7 Å². The molecule has 1 aliphatic rings. The van der Waals surface area contributed by atoms with Crippen LogP contribution in [0.2, 0.25) is 0 Å². The molecule has 160 valence electrons. The maximum atomic E-state index is 13.0. The number of aryl methyl sites for hydroxylation is 1. The van der Waals surface area contributed by atoms with Crippen LogP contribution in [0.25, 0.3) is 11.8 Å². The number of hydrogen-bond acceptors (Lipinski definition) is 5. The Morgan fingerprint density at radius 3 is 2.44 bits per heavy atom. The lowest BCUT2D eigenvalue weighted by Gasteiger charge is -2.26. The van der Waals surface area contributed by atoms with Gasteiger partial charge in [0.2, 0.25) is 0 Å². The molecule has 2 N–H and O–H groups in total. The van der Waals surface area contributed by atoms with Crippen LogP contribution in [0.4, 0.5) is 10.5 Å². The van der Waals surface area contributed by atoms with Crippen LogP contribution in [0.5, 0.6) is 0 Å². The number of barbiturate groups is 1. The number of pyridine rings is 1. The van der Waals surface area contributed by atoms with Crippen molar-refractivity contribution in [3.8, 4) is 5.69 Å². The lowest BCUT2D eigenvalue weighted by molar-refractivity contribution is -0.122. The van der Waals surface area contributed by atoms with Gasteiger partial charge in [0.1, 0.15) is 5.57 Å². The van der Waals surface area contributed by atoms with Gasteiger partial charge in [-0.2, -0.15) is 0 Å². The van der Waals surface area contributed by atoms with Crippen LogP contribution in [0.1, 0.15) is 27.3 Å². The fourth-order valence-electron chi connectivity index (χ4n) is 3.65. The van der Waals surface area contributed by atoms with Crippen molar-refractivity contribution in [3.05, 3.63) is 82.9 Å². The number of carboxylic acids is 1. The smallest absolute Gasteiger partial charge is 0.335 e. The number of aromatic nitrogens is 2. The number of benzene rings is 1. The summed E-state index contributed by atoms with van der Waals surface area (Å²) < 4.78 is 1.83. The number of hydrogen-bond donors (Lipinski definition) is 2. The van der Waals surface area contributed by atoms with Gasteiger partial charge in [-0.05, 0) is 61.9 Å². The van der Waals surface area contributed by atoms with E-state index in [0.717, 1.165) is 10.6 Å². The molecule has 0 spiro atoms. The molecule has 9 heteroatoms. The average molecular weight is 430 g/mol. The Balaban J connectivity index is 1.77. The fraction of sp³-hybridized carbons (Fsp3) is 0.0870. The summed E-state index contributed by atoms with van der Waals surface area (Å²) in [5.41, 5.74) is 2.94. The van der Waals surface area contributed by atoms with Crippen LogP contribution in [0.15, 0.2) is 60.4 Å². The molecule has 0 aliphatic carbocycles. The highest BCUT2D eigenvalue weighted by Gasteiger charge is 2.37. The number of amides is 4. The number of carbonyl (C=O) groups excluding carboxylic acids is 3. The topological polar surface area (TPSA) is 122 Å². The standard InChI is InChI=1S/C23H18N4O5/c1-13-10-16(14(2)26(13)18-5-3-4-15(11-18)22(30)31)12-19-20(28)25-23(32)27(21(19)29)17-6-8-24-9-7-17/h3-12H,1-2H3,(H,30,31)(H,25,28,32)/b19-12+. The maximum absolute atomic E-state index is 13.0. The molecule has 3 aromatic rings. The summed E-state index contributed by atoms with van der Waals surface area (Å²) in [5, 5.41) is 11.5. The van der Waals surface area contributed by atoms with Crippen LogP contribution in [0.3, 0.4) is 0 Å². The van der Waals surface area contributed by atoms with Gasteiger partial charge in [-0.15, -0.1) is 0 Å². The second-order valence-corrected chi connectivity index (χ2v) is 7.18. The van der Waals surface area contributed by atoms with Crippen molar-refractivity contribution in [3.63, 3.8) is 0 Å². The number of carboxylic acid groups (broad SMARTS) is 1. The van der Waals surface area contributed by atoms with E-state index in [2.05, 4.69) is 10.3 Å². The summed E-state index contributed by atoms with van der Waals surface area (Å²) in [6, 6.07) is 10.4. The van der Waals surface area contributed by atoms with E-state index in [-0.39, 0.29) is 16.8 Å². The van der Waals surface area contributed by atoms with Crippen LogP contribution in [-0.2, 0) is 9.59 Å². The molecule has 4 rings (SSSR count). The molecular weight excluding hydrogens is 412 g/mol. The Hall–Kier alpha value is -4.53. The maximum Gasteiger partial charge on any atom is 0.335 e. The zero-order valence-corrected chi connectivity index (χ0v) is 17.2. The molecular formula is C23H18N4O5.